The molecule has 0 heterocycles. The third kappa shape index (κ3) is 8.74. The molecule has 3 nitrogen and oxygen atoms in total. The summed E-state index contributed by atoms with van der Waals surface area (Å²) in [5.74, 6) is -1.61. The second-order valence-electron chi connectivity index (χ2n) is 3.03. The van der Waals surface area contributed by atoms with E-state index < -0.39 is 47.5 Å². The van der Waals surface area contributed by atoms with Crippen LogP contribution in [0, 0.1) is 0 Å². The maximum absolute atomic E-state index is 12.8. The Morgan fingerprint density at radius 1 is 1.12 bits per heavy atom. The first-order chi connectivity index (χ1) is 6.78. The normalized spacial score (nSPS) is 17.3. The van der Waals surface area contributed by atoms with Crippen LogP contribution in [0.15, 0.2) is 0 Å². The summed E-state index contributed by atoms with van der Waals surface area (Å²) in [7, 11) is -4.93. The van der Waals surface area contributed by atoms with Gasteiger partial charge in [0.1, 0.15) is 12.3 Å². The van der Waals surface area contributed by atoms with Crippen molar-refractivity contribution in [3.63, 3.8) is 0 Å². The first kappa shape index (κ1) is 19.0. The Balaban J connectivity index is 0. The van der Waals surface area contributed by atoms with Gasteiger partial charge >= 0.3 is 29.6 Å². The first-order valence-corrected chi connectivity index (χ1v) is 5.77. The third-order valence-corrected chi connectivity index (χ3v) is 2.39. The van der Waals surface area contributed by atoms with Crippen molar-refractivity contribution >= 4 is 10.1 Å². The zero-order valence-corrected chi connectivity index (χ0v) is 11.5. The van der Waals surface area contributed by atoms with E-state index in [4.69, 9.17) is 0 Å². The van der Waals surface area contributed by atoms with Gasteiger partial charge in [-0.25, -0.2) is 21.6 Å². The number of rotatable bonds is 7. The summed E-state index contributed by atoms with van der Waals surface area (Å²) in [5.41, 5.74) is 0. The number of halogens is 4. The summed E-state index contributed by atoms with van der Waals surface area (Å²) in [5, 5.41) is 0. The molecule has 0 aromatic rings. The maximum Gasteiger partial charge on any atom is 1.00 e. The fourth-order valence-electron chi connectivity index (χ4n) is 0.945. The monoisotopic (exact) mass is 274 g/mol. The van der Waals surface area contributed by atoms with E-state index in [1.54, 1.807) is 0 Å². The molecule has 16 heavy (non-hydrogen) atoms. The van der Waals surface area contributed by atoms with E-state index in [0.29, 0.717) is 0 Å². The summed E-state index contributed by atoms with van der Waals surface area (Å²) in [4.78, 5) is 0. The van der Waals surface area contributed by atoms with Crippen molar-refractivity contribution in [3.8, 4) is 0 Å². The third-order valence-electron chi connectivity index (χ3n) is 1.67. The number of hydrogen-bond donors (Lipinski definition) is 0. The molecular weight excluding hydrogens is 263 g/mol. The molecule has 0 bridgehead atoms. The molecule has 0 amide bonds. The Kier molecular flexibility index (Phi) is 10.3. The average Bonchev–Trinajstić information content (AvgIpc) is 2.10. The van der Waals surface area contributed by atoms with E-state index in [2.05, 4.69) is 0 Å². The zero-order valence-electron chi connectivity index (χ0n) is 8.71. The SMILES string of the molecule is O=S(=O)([O-])CC(F)C(F)C(F)CCCF.[Na+]. The molecule has 0 N–H and O–H groups in total. The smallest absolute Gasteiger partial charge is 0.748 e. The molecule has 0 radical (unpaired) electrons. The molecule has 0 spiro atoms. The van der Waals surface area contributed by atoms with Gasteiger partial charge in [-0.15, -0.1) is 0 Å². The van der Waals surface area contributed by atoms with Gasteiger partial charge in [0, 0.05) is 0 Å². The van der Waals surface area contributed by atoms with E-state index in [1.165, 1.54) is 0 Å². The largest absolute Gasteiger partial charge is 1.00 e. The number of hydrogen-bond acceptors (Lipinski definition) is 3. The summed E-state index contributed by atoms with van der Waals surface area (Å²) in [6.45, 7) is -0.871. The molecule has 0 rings (SSSR count). The van der Waals surface area contributed by atoms with Crippen LogP contribution >= 0.6 is 0 Å². The van der Waals surface area contributed by atoms with Crippen LogP contribution < -0.4 is 29.6 Å². The Hall–Kier alpha value is 0.630. The summed E-state index contributed by atoms with van der Waals surface area (Å²) in [6, 6.07) is 0. The minimum absolute atomic E-state index is 0. The average molecular weight is 274 g/mol. The molecule has 0 aliphatic heterocycles. The molecule has 0 saturated carbocycles. The Morgan fingerprint density at radius 2 is 1.62 bits per heavy atom. The molecule has 0 aromatic carbocycles. The molecule has 0 aliphatic carbocycles. The second-order valence-corrected chi connectivity index (χ2v) is 4.48. The van der Waals surface area contributed by atoms with Crippen LogP contribution in [0.1, 0.15) is 12.8 Å². The number of alkyl halides is 4. The van der Waals surface area contributed by atoms with Crippen LogP contribution in [-0.2, 0) is 10.1 Å². The second kappa shape index (κ2) is 8.68. The Morgan fingerprint density at radius 3 is 2.00 bits per heavy atom. The van der Waals surface area contributed by atoms with E-state index in [0.717, 1.165) is 0 Å². The van der Waals surface area contributed by atoms with Gasteiger partial charge in [-0.3, -0.25) is 4.39 Å². The Labute approximate surface area is 114 Å². The van der Waals surface area contributed by atoms with Crippen molar-refractivity contribution in [2.75, 3.05) is 12.4 Å². The van der Waals surface area contributed by atoms with E-state index in [9.17, 15) is 30.5 Å². The topological polar surface area (TPSA) is 57.2 Å². The van der Waals surface area contributed by atoms with Gasteiger partial charge in [0.25, 0.3) is 0 Å². The summed E-state index contributed by atoms with van der Waals surface area (Å²) >= 11 is 0. The molecule has 0 saturated heterocycles. The minimum Gasteiger partial charge on any atom is -0.748 e. The van der Waals surface area contributed by atoms with Crippen LogP contribution in [0.25, 0.3) is 0 Å². The van der Waals surface area contributed by atoms with Crippen LogP contribution in [0.5, 0.6) is 0 Å². The van der Waals surface area contributed by atoms with Gasteiger partial charge in [-0.1, -0.05) is 0 Å². The fourth-order valence-corrected chi connectivity index (χ4v) is 1.52. The standard InChI is InChI=1S/C7H12F4O3S.Na/c8-3-1-2-5(9)7(11)6(10)4-15(12,13)14;/h5-7H,1-4H2,(H,12,13,14);/q;+1/p-1. The quantitative estimate of drug-likeness (QED) is 0.316. The molecule has 0 aliphatic rings. The molecular formula is C7H11F4NaO3S. The Bertz CT molecular complexity index is 275. The molecule has 3 unspecified atom stereocenters. The summed E-state index contributed by atoms with van der Waals surface area (Å²) in [6.07, 6.45) is -8.53. The van der Waals surface area contributed by atoms with E-state index >= 15 is 0 Å². The fraction of sp³-hybridized carbons (Fsp3) is 1.00. The van der Waals surface area contributed by atoms with Crippen LogP contribution in [0.2, 0.25) is 0 Å². The van der Waals surface area contributed by atoms with E-state index in [-0.39, 0.29) is 36.0 Å². The van der Waals surface area contributed by atoms with Crippen LogP contribution in [-0.4, -0.2) is 43.9 Å². The van der Waals surface area contributed by atoms with Crippen molar-refractivity contribution < 1.29 is 60.1 Å². The van der Waals surface area contributed by atoms with Gasteiger partial charge in [0.15, 0.2) is 6.17 Å². The molecule has 0 aromatic heterocycles. The molecule has 0 fully saturated rings. The predicted molar refractivity (Wildman–Crippen MR) is 44.5 cm³/mol. The van der Waals surface area contributed by atoms with Gasteiger partial charge in [-0.05, 0) is 12.8 Å². The van der Waals surface area contributed by atoms with Crippen LogP contribution in [0.3, 0.4) is 0 Å². The maximum atomic E-state index is 12.8. The van der Waals surface area contributed by atoms with Gasteiger partial charge < -0.3 is 4.55 Å². The van der Waals surface area contributed by atoms with Gasteiger partial charge in [0.05, 0.1) is 22.5 Å². The van der Waals surface area contributed by atoms with Crippen LogP contribution in [0.4, 0.5) is 17.6 Å². The van der Waals surface area contributed by atoms with Crippen molar-refractivity contribution in [3.05, 3.63) is 0 Å². The van der Waals surface area contributed by atoms with Crippen molar-refractivity contribution in [2.45, 2.75) is 31.4 Å². The van der Waals surface area contributed by atoms with Gasteiger partial charge in [-0.2, -0.15) is 0 Å². The first-order valence-electron chi connectivity index (χ1n) is 4.19. The van der Waals surface area contributed by atoms with Crippen molar-refractivity contribution in [2.24, 2.45) is 0 Å². The zero-order chi connectivity index (χ0) is 12.1. The van der Waals surface area contributed by atoms with Crippen molar-refractivity contribution in [1.82, 2.24) is 0 Å². The minimum atomic E-state index is -4.93. The molecule has 92 valence electrons. The molecule has 3 atom stereocenters. The molecule has 9 heteroatoms. The summed E-state index contributed by atoms with van der Waals surface area (Å²) < 4.78 is 79.9. The predicted octanol–water partition coefficient (Wildman–Crippen LogP) is -1.70. The van der Waals surface area contributed by atoms with Gasteiger partial charge in [0.2, 0.25) is 0 Å². The van der Waals surface area contributed by atoms with E-state index in [1.807, 2.05) is 0 Å². The van der Waals surface area contributed by atoms with Crippen molar-refractivity contribution in [1.29, 1.82) is 0 Å².